The molecule has 2 fully saturated rings. The molecule has 2 N–H and O–H groups in total. The Balaban J connectivity index is 1.92. The van der Waals surface area contributed by atoms with E-state index in [1.807, 2.05) is 12.1 Å². The fourth-order valence-corrected chi connectivity index (χ4v) is 3.36. The molecule has 0 amide bonds. The molecule has 0 aliphatic heterocycles. The number of phenols is 1. The molecule has 2 nitrogen and oxygen atoms in total. The van der Waals surface area contributed by atoms with Gasteiger partial charge in [0, 0.05) is 12.0 Å². The summed E-state index contributed by atoms with van der Waals surface area (Å²) in [6.07, 6.45) is 5.07. The van der Waals surface area contributed by atoms with Gasteiger partial charge in [0.05, 0.1) is 0 Å². The molecule has 2 heteroatoms. The monoisotopic (exact) mass is 218 g/mol. The zero-order valence-corrected chi connectivity index (χ0v) is 9.39. The van der Waals surface area contributed by atoms with Crippen molar-refractivity contribution >= 4 is 0 Å². The van der Waals surface area contributed by atoms with E-state index in [9.17, 15) is 10.2 Å². The smallest absolute Gasteiger partial charge is 0.115 e. The summed E-state index contributed by atoms with van der Waals surface area (Å²) in [7, 11) is 0. The van der Waals surface area contributed by atoms with Crippen molar-refractivity contribution in [3.63, 3.8) is 0 Å². The first-order valence-electron chi connectivity index (χ1n) is 6.18. The molecular weight excluding hydrogens is 200 g/mol. The van der Waals surface area contributed by atoms with Crippen LogP contribution in [0.5, 0.6) is 5.75 Å². The van der Waals surface area contributed by atoms with Crippen LogP contribution in [0.25, 0.3) is 0 Å². The highest BCUT2D eigenvalue weighted by Gasteiger charge is 2.60. The van der Waals surface area contributed by atoms with Gasteiger partial charge in [-0.15, -0.1) is 0 Å². The van der Waals surface area contributed by atoms with Gasteiger partial charge in [-0.05, 0) is 48.8 Å². The molecule has 2 aliphatic carbocycles. The molecule has 0 saturated heterocycles. The lowest BCUT2D eigenvalue weighted by Crippen LogP contribution is -2.29. The van der Waals surface area contributed by atoms with Crippen molar-refractivity contribution < 1.29 is 10.2 Å². The molecule has 2 atom stereocenters. The van der Waals surface area contributed by atoms with Gasteiger partial charge in [0.2, 0.25) is 0 Å². The summed E-state index contributed by atoms with van der Waals surface area (Å²) < 4.78 is 0. The highest BCUT2D eigenvalue weighted by Crippen LogP contribution is 2.63. The maximum Gasteiger partial charge on any atom is 0.115 e. The number of hydrogen-bond acceptors (Lipinski definition) is 2. The van der Waals surface area contributed by atoms with Crippen LogP contribution < -0.4 is 0 Å². The largest absolute Gasteiger partial charge is 0.508 e. The van der Waals surface area contributed by atoms with Gasteiger partial charge in [-0.1, -0.05) is 18.6 Å². The van der Waals surface area contributed by atoms with Crippen molar-refractivity contribution in [3.8, 4) is 5.75 Å². The van der Waals surface area contributed by atoms with Gasteiger partial charge < -0.3 is 10.2 Å². The minimum atomic E-state index is 0.237. The van der Waals surface area contributed by atoms with Gasteiger partial charge in [0.15, 0.2) is 0 Å². The topological polar surface area (TPSA) is 40.5 Å². The molecule has 1 aromatic carbocycles. The number of aromatic hydroxyl groups is 1. The standard InChI is InChI=1S/C14H18O2/c15-9-12-8-14(12,10-2-1-3-10)11-4-6-13(16)7-5-11/h4-7,10,12,15-16H,1-3,8-9H2. The summed E-state index contributed by atoms with van der Waals surface area (Å²) in [4.78, 5) is 0. The normalized spacial score (nSPS) is 33.4. The summed E-state index contributed by atoms with van der Waals surface area (Å²) >= 11 is 0. The van der Waals surface area contributed by atoms with Crippen molar-refractivity contribution in [1.82, 2.24) is 0 Å². The third kappa shape index (κ3) is 1.29. The maximum atomic E-state index is 9.38. The first kappa shape index (κ1) is 10.2. The third-order valence-corrected chi connectivity index (χ3v) is 4.61. The molecule has 0 bridgehead atoms. The van der Waals surface area contributed by atoms with Crippen LogP contribution in [0.2, 0.25) is 0 Å². The van der Waals surface area contributed by atoms with Crippen LogP contribution >= 0.6 is 0 Å². The van der Waals surface area contributed by atoms with Crippen LogP contribution in [0, 0.1) is 11.8 Å². The number of aliphatic hydroxyl groups is 1. The number of phenolic OH excluding ortho intramolecular Hbond substituents is 1. The molecular formula is C14H18O2. The second kappa shape index (κ2) is 3.49. The van der Waals surface area contributed by atoms with E-state index in [4.69, 9.17) is 0 Å². The lowest BCUT2D eigenvalue weighted by molar-refractivity contribution is 0.197. The van der Waals surface area contributed by atoms with Crippen LogP contribution in [0.15, 0.2) is 24.3 Å². The summed E-state index contributed by atoms with van der Waals surface area (Å²) in [5.41, 5.74) is 1.55. The minimum absolute atomic E-state index is 0.237. The summed E-state index contributed by atoms with van der Waals surface area (Å²) in [5, 5.41) is 18.7. The highest BCUT2D eigenvalue weighted by atomic mass is 16.3. The fraction of sp³-hybridized carbons (Fsp3) is 0.571. The van der Waals surface area contributed by atoms with E-state index in [1.54, 1.807) is 12.1 Å². The average Bonchev–Trinajstić information content (AvgIpc) is 2.92. The highest BCUT2D eigenvalue weighted by molar-refractivity contribution is 5.38. The number of hydrogen-bond donors (Lipinski definition) is 2. The van der Waals surface area contributed by atoms with Crippen molar-refractivity contribution in [2.24, 2.45) is 11.8 Å². The fourth-order valence-electron chi connectivity index (χ4n) is 3.36. The predicted molar refractivity (Wildman–Crippen MR) is 62.3 cm³/mol. The van der Waals surface area contributed by atoms with Crippen LogP contribution in [0.4, 0.5) is 0 Å². The lowest BCUT2D eigenvalue weighted by atomic mass is 9.69. The Hall–Kier alpha value is -1.02. The Bertz CT molecular complexity index is 380. The predicted octanol–water partition coefficient (Wildman–Crippen LogP) is 2.44. The van der Waals surface area contributed by atoms with Gasteiger partial charge in [-0.25, -0.2) is 0 Å². The molecule has 2 saturated carbocycles. The first-order chi connectivity index (χ1) is 7.77. The molecule has 16 heavy (non-hydrogen) atoms. The third-order valence-electron chi connectivity index (χ3n) is 4.61. The van der Waals surface area contributed by atoms with E-state index < -0.39 is 0 Å². The van der Waals surface area contributed by atoms with Crippen molar-refractivity contribution in [3.05, 3.63) is 29.8 Å². The number of rotatable bonds is 3. The van der Waals surface area contributed by atoms with E-state index in [1.165, 1.54) is 24.8 Å². The van der Waals surface area contributed by atoms with Gasteiger partial charge >= 0.3 is 0 Å². The minimum Gasteiger partial charge on any atom is -0.508 e. The van der Waals surface area contributed by atoms with E-state index in [0.717, 1.165) is 12.3 Å². The van der Waals surface area contributed by atoms with Crippen LogP contribution in [0.3, 0.4) is 0 Å². The van der Waals surface area contributed by atoms with Gasteiger partial charge in [-0.2, -0.15) is 0 Å². The summed E-state index contributed by atoms with van der Waals surface area (Å²) in [5.74, 6) is 1.53. The molecule has 2 unspecified atom stereocenters. The Morgan fingerprint density at radius 1 is 1.19 bits per heavy atom. The molecule has 86 valence electrons. The zero-order chi connectivity index (χ0) is 11.2. The van der Waals surface area contributed by atoms with Crippen LogP contribution in [-0.2, 0) is 5.41 Å². The molecule has 2 aliphatic rings. The zero-order valence-electron chi connectivity index (χ0n) is 9.39. The quantitative estimate of drug-likeness (QED) is 0.818. The Morgan fingerprint density at radius 3 is 2.31 bits per heavy atom. The maximum absolute atomic E-state index is 9.38. The van der Waals surface area contributed by atoms with Gasteiger partial charge in [0.25, 0.3) is 0 Å². The molecule has 3 rings (SSSR count). The van der Waals surface area contributed by atoms with E-state index in [2.05, 4.69) is 0 Å². The van der Waals surface area contributed by atoms with Crippen LogP contribution in [-0.4, -0.2) is 16.8 Å². The van der Waals surface area contributed by atoms with Crippen molar-refractivity contribution in [2.45, 2.75) is 31.1 Å². The lowest BCUT2D eigenvalue weighted by Gasteiger charge is -2.35. The van der Waals surface area contributed by atoms with Crippen molar-refractivity contribution in [2.75, 3.05) is 6.61 Å². The second-order valence-corrected chi connectivity index (χ2v) is 5.30. The summed E-state index contributed by atoms with van der Waals surface area (Å²) in [6.45, 7) is 0.303. The molecule has 0 heterocycles. The SMILES string of the molecule is OCC1CC1(c1ccc(O)cc1)C1CCC1. The van der Waals surface area contributed by atoms with E-state index in [0.29, 0.717) is 18.3 Å². The Labute approximate surface area is 95.9 Å². The van der Waals surface area contributed by atoms with Crippen molar-refractivity contribution in [1.29, 1.82) is 0 Å². The molecule has 0 radical (unpaired) electrons. The Kier molecular flexibility index (Phi) is 2.21. The second-order valence-electron chi connectivity index (χ2n) is 5.30. The molecule has 0 aromatic heterocycles. The van der Waals surface area contributed by atoms with E-state index in [-0.39, 0.29) is 5.41 Å². The molecule has 0 spiro atoms. The average molecular weight is 218 g/mol. The first-order valence-corrected chi connectivity index (χ1v) is 6.18. The van der Waals surface area contributed by atoms with Gasteiger partial charge in [-0.3, -0.25) is 0 Å². The van der Waals surface area contributed by atoms with Gasteiger partial charge in [0.1, 0.15) is 5.75 Å². The Morgan fingerprint density at radius 2 is 1.88 bits per heavy atom. The van der Waals surface area contributed by atoms with E-state index >= 15 is 0 Å². The number of aliphatic hydroxyl groups excluding tert-OH is 1. The molecule has 1 aromatic rings. The summed E-state index contributed by atoms with van der Waals surface area (Å²) in [6, 6.07) is 7.59. The van der Waals surface area contributed by atoms with Crippen LogP contribution in [0.1, 0.15) is 31.2 Å². The number of benzene rings is 1.